The average molecular weight is 350 g/mol. The fraction of sp³-hybridized carbons (Fsp3) is 0.278. The maximum atomic E-state index is 12.3. The summed E-state index contributed by atoms with van der Waals surface area (Å²) in [7, 11) is 3.11. The minimum atomic E-state index is -0.226. The molecule has 0 spiro atoms. The van der Waals surface area contributed by atoms with E-state index in [-0.39, 0.29) is 11.9 Å². The third-order valence-corrected chi connectivity index (χ3v) is 3.64. The Kier molecular flexibility index (Phi) is 6.32. The summed E-state index contributed by atoms with van der Waals surface area (Å²) in [5.74, 6) is 1.59. The van der Waals surface area contributed by atoms with Crippen molar-refractivity contribution >= 4 is 17.5 Å². The molecule has 6 heteroatoms. The highest BCUT2D eigenvalue weighted by atomic mass is 35.5. The minimum absolute atomic E-state index is 0.191. The van der Waals surface area contributed by atoms with Gasteiger partial charge in [-0.3, -0.25) is 4.79 Å². The quantitative estimate of drug-likeness (QED) is 0.830. The molecule has 0 unspecified atom stereocenters. The van der Waals surface area contributed by atoms with E-state index in [2.05, 4.69) is 5.32 Å². The zero-order valence-electron chi connectivity index (χ0n) is 13.8. The average Bonchev–Trinajstić information content (AvgIpc) is 2.60. The fourth-order valence-corrected chi connectivity index (χ4v) is 2.37. The van der Waals surface area contributed by atoms with Gasteiger partial charge in [0, 0.05) is 5.56 Å². The van der Waals surface area contributed by atoms with Crippen LogP contribution in [0.25, 0.3) is 0 Å². The summed E-state index contributed by atoms with van der Waals surface area (Å²) in [5.41, 5.74) is 0.463. The minimum Gasteiger partial charge on any atom is -0.495 e. The second kappa shape index (κ2) is 8.45. The fourth-order valence-electron chi connectivity index (χ4n) is 2.11. The lowest BCUT2D eigenvalue weighted by Crippen LogP contribution is -2.36. The Morgan fingerprint density at radius 2 is 1.75 bits per heavy atom. The largest absolute Gasteiger partial charge is 0.495 e. The molecule has 0 bridgehead atoms. The summed E-state index contributed by atoms with van der Waals surface area (Å²) < 4.78 is 16.0. The van der Waals surface area contributed by atoms with E-state index in [1.807, 2.05) is 31.2 Å². The van der Waals surface area contributed by atoms with E-state index in [1.54, 1.807) is 25.3 Å². The molecular weight excluding hydrogens is 330 g/mol. The Bertz CT molecular complexity index is 705. The van der Waals surface area contributed by atoms with Gasteiger partial charge >= 0.3 is 0 Å². The Balaban J connectivity index is 1.93. The standard InChI is InChI=1S/C18H20ClNO4/c1-12(11-24-17-7-5-4-6-16(17)23-3)20-18(21)13-8-9-15(22-2)14(19)10-13/h4-10,12H,11H2,1-3H3,(H,20,21)/t12-/m1/s1. The predicted molar refractivity (Wildman–Crippen MR) is 93.4 cm³/mol. The number of rotatable bonds is 7. The lowest BCUT2D eigenvalue weighted by molar-refractivity contribution is 0.0926. The molecule has 0 aromatic heterocycles. The summed E-state index contributed by atoms with van der Waals surface area (Å²) in [6.07, 6.45) is 0. The zero-order valence-corrected chi connectivity index (χ0v) is 14.6. The lowest BCUT2D eigenvalue weighted by atomic mass is 10.2. The molecule has 0 radical (unpaired) electrons. The van der Waals surface area contributed by atoms with Gasteiger partial charge in [0.05, 0.1) is 25.3 Å². The molecule has 2 aromatic rings. The van der Waals surface area contributed by atoms with Gasteiger partial charge in [-0.15, -0.1) is 0 Å². The monoisotopic (exact) mass is 349 g/mol. The number of ether oxygens (including phenoxy) is 3. The van der Waals surface area contributed by atoms with Crippen molar-refractivity contribution in [1.29, 1.82) is 0 Å². The number of halogens is 1. The van der Waals surface area contributed by atoms with Crippen LogP contribution in [0.15, 0.2) is 42.5 Å². The van der Waals surface area contributed by atoms with Gasteiger partial charge < -0.3 is 19.5 Å². The lowest BCUT2D eigenvalue weighted by Gasteiger charge is -2.16. The Hall–Kier alpha value is -2.40. The van der Waals surface area contributed by atoms with Crippen molar-refractivity contribution < 1.29 is 19.0 Å². The van der Waals surface area contributed by atoms with Crippen molar-refractivity contribution in [3.05, 3.63) is 53.1 Å². The molecule has 0 aliphatic carbocycles. The van der Waals surface area contributed by atoms with Crippen LogP contribution in [0.5, 0.6) is 17.2 Å². The van der Waals surface area contributed by atoms with Crippen LogP contribution in [0, 0.1) is 0 Å². The molecule has 2 rings (SSSR count). The van der Waals surface area contributed by atoms with Crippen LogP contribution < -0.4 is 19.5 Å². The van der Waals surface area contributed by atoms with Crippen LogP contribution in [0.4, 0.5) is 0 Å². The summed E-state index contributed by atoms with van der Waals surface area (Å²) >= 11 is 6.04. The van der Waals surface area contributed by atoms with Crippen LogP contribution in [-0.4, -0.2) is 32.8 Å². The van der Waals surface area contributed by atoms with Gasteiger partial charge in [0.1, 0.15) is 12.4 Å². The number of carbonyl (C=O) groups is 1. The van der Waals surface area contributed by atoms with Gasteiger partial charge in [-0.05, 0) is 37.3 Å². The smallest absolute Gasteiger partial charge is 0.251 e. The van der Waals surface area contributed by atoms with Gasteiger partial charge in [-0.1, -0.05) is 23.7 Å². The first kappa shape index (κ1) is 17.9. The maximum Gasteiger partial charge on any atom is 0.251 e. The van der Waals surface area contributed by atoms with E-state index in [1.165, 1.54) is 7.11 Å². The predicted octanol–water partition coefficient (Wildman–Crippen LogP) is 3.55. The number of para-hydroxylation sites is 2. The van der Waals surface area contributed by atoms with E-state index in [4.69, 9.17) is 25.8 Å². The first-order valence-corrected chi connectivity index (χ1v) is 7.83. The van der Waals surface area contributed by atoms with Gasteiger partial charge in [-0.2, -0.15) is 0 Å². The van der Waals surface area contributed by atoms with Crippen molar-refractivity contribution in [2.24, 2.45) is 0 Å². The number of methoxy groups -OCH3 is 2. The van der Waals surface area contributed by atoms with Crippen LogP contribution in [0.3, 0.4) is 0 Å². The van der Waals surface area contributed by atoms with Crippen LogP contribution in [-0.2, 0) is 0 Å². The van der Waals surface area contributed by atoms with Crippen molar-refractivity contribution in [1.82, 2.24) is 5.32 Å². The second-order valence-corrected chi connectivity index (χ2v) is 5.59. The summed E-state index contributed by atoms with van der Waals surface area (Å²) in [6.45, 7) is 2.18. The SMILES string of the molecule is COc1ccc(C(=O)N[C@H](C)COc2ccccc2OC)cc1Cl. The topological polar surface area (TPSA) is 56.8 Å². The van der Waals surface area contributed by atoms with Crippen LogP contribution in [0.2, 0.25) is 5.02 Å². The van der Waals surface area contributed by atoms with Crippen molar-refractivity contribution in [2.75, 3.05) is 20.8 Å². The van der Waals surface area contributed by atoms with Crippen molar-refractivity contribution in [2.45, 2.75) is 13.0 Å². The molecule has 0 aliphatic heterocycles. The third kappa shape index (κ3) is 4.55. The second-order valence-electron chi connectivity index (χ2n) is 5.19. The molecule has 0 saturated carbocycles. The molecule has 1 amide bonds. The molecule has 24 heavy (non-hydrogen) atoms. The Labute approximate surface area is 146 Å². The van der Waals surface area contributed by atoms with E-state index in [0.717, 1.165) is 0 Å². The molecule has 0 fully saturated rings. The van der Waals surface area contributed by atoms with Gasteiger partial charge in [0.25, 0.3) is 5.91 Å². The highest BCUT2D eigenvalue weighted by Gasteiger charge is 2.13. The van der Waals surface area contributed by atoms with E-state index < -0.39 is 0 Å². The molecule has 2 aromatic carbocycles. The zero-order chi connectivity index (χ0) is 17.5. The number of nitrogens with one attached hydrogen (secondary N) is 1. The number of benzene rings is 2. The van der Waals surface area contributed by atoms with E-state index >= 15 is 0 Å². The molecule has 0 heterocycles. The van der Waals surface area contributed by atoms with Crippen LogP contribution >= 0.6 is 11.6 Å². The van der Waals surface area contributed by atoms with Crippen molar-refractivity contribution in [3.63, 3.8) is 0 Å². The highest BCUT2D eigenvalue weighted by molar-refractivity contribution is 6.32. The first-order valence-electron chi connectivity index (χ1n) is 7.45. The van der Waals surface area contributed by atoms with E-state index in [0.29, 0.717) is 34.4 Å². The highest BCUT2D eigenvalue weighted by Crippen LogP contribution is 2.26. The number of hydrogen-bond acceptors (Lipinski definition) is 4. The third-order valence-electron chi connectivity index (χ3n) is 3.35. The molecular formula is C18H20ClNO4. The first-order chi connectivity index (χ1) is 11.5. The molecule has 128 valence electrons. The Morgan fingerprint density at radius 1 is 1.08 bits per heavy atom. The number of amides is 1. The maximum absolute atomic E-state index is 12.3. The number of carbonyl (C=O) groups excluding carboxylic acids is 1. The molecule has 0 saturated heterocycles. The molecule has 5 nitrogen and oxygen atoms in total. The van der Waals surface area contributed by atoms with Gasteiger partial charge in [0.2, 0.25) is 0 Å². The summed E-state index contributed by atoms with van der Waals surface area (Å²) in [5, 5.41) is 3.26. The summed E-state index contributed by atoms with van der Waals surface area (Å²) in [6, 6.07) is 12.1. The summed E-state index contributed by atoms with van der Waals surface area (Å²) in [4.78, 5) is 12.3. The Morgan fingerprint density at radius 3 is 2.38 bits per heavy atom. The molecule has 1 N–H and O–H groups in total. The van der Waals surface area contributed by atoms with E-state index in [9.17, 15) is 4.79 Å². The van der Waals surface area contributed by atoms with Gasteiger partial charge in [0.15, 0.2) is 11.5 Å². The van der Waals surface area contributed by atoms with Crippen molar-refractivity contribution in [3.8, 4) is 17.2 Å². The molecule has 0 aliphatic rings. The normalized spacial score (nSPS) is 11.5. The number of hydrogen-bond donors (Lipinski definition) is 1. The van der Waals surface area contributed by atoms with Crippen LogP contribution in [0.1, 0.15) is 17.3 Å². The molecule has 1 atom stereocenters. The van der Waals surface area contributed by atoms with Gasteiger partial charge in [-0.25, -0.2) is 0 Å².